The molecule has 1 aliphatic rings. The van der Waals surface area contributed by atoms with E-state index in [1.165, 1.54) is 0 Å². The second-order valence-electron chi connectivity index (χ2n) is 4.34. The minimum Gasteiger partial charge on any atom is -0.388 e. The van der Waals surface area contributed by atoms with E-state index in [0.717, 1.165) is 37.6 Å². The van der Waals surface area contributed by atoms with E-state index < -0.39 is 5.60 Å². The van der Waals surface area contributed by atoms with Gasteiger partial charge in [0.1, 0.15) is 11.6 Å². The molecule has 0 saturated carbocycles. The average Bonchev–Trinajstić information content (AvgIpc) is 2.45. The maximum absolute atomic E-state index is 10.3. The van der Waals surface area contributed by atoms with E-state index >= 15 is 0 Å². The maximum Gasteiger partial charge on any atom is 0.147 e. The lowest BCUT2D eigenvalue weighted by atomic mass is 9.92. The van der Waals surface area contributed by atoms with Crippen LogP contribution in [0.4, 0.5) is 0 Å². The average molecular weight is 210 g/mol. The van der Waals surface area contributed by atoms with Crippen LogP contribution in [0, 0.1) is 13.8 Å². The Bertz CT molecular complexity index is 341. The fourth-order valence-electron chi connectivity index (χ4n) is 2.04. The number of nitrogens with one attached hydrogen (secondary N) is 1. The van der Waals surface area contributed by atoms with Crippen molar-refractivity contribution in [2.24, 2.45) is 0 Å². The summed E-state index contributed by atoms with van der Waals surface area (Å²) in [5.41, 5.74) is -0.615. The van der Waals surface area contributed by atoms with Crippen molar-refractivity contribution >= 4 is 0 Å². The van der Waals surface area contributed by atoms with Crippen molar-refractivity contribution in [1.82, 2.24) is 20.1 Å². The molecule has 0 unspecified atom stereocenters. The molecule has 0 spiro atoms. The summed E-state index contributed by atoms with van der Waals surface area (Å²) < 4.78 is 1.81. The van der Waals surface area contributed by atoms with Crippen LogP contribution >= 0.6 is 0 Å². The van der Waals surface area contributed by atoms with Gasteiger partial charge in [-0.05, 0) is 39.8 Å². The number of aromatic nitrogens is 3. The summed E-state index contributed by atoms with van der Waals surface area (Å²) in [6.45, 7) is 6.11. The third-order valence-corrected chi connectivity index (χ3v) is 2.94. The van der Waals surface area contributed by atoms with Crippen LogP contribution in [0.15, 0.2) is 0 Å². The van der Waals surface area contributed by atoms with Crippen molar-refractivity contribution in [3.05, 3.63) is 11.6 Å². The number of nitrogens with zero attached hydrogens (tertiary/aromatic N) is 3. The van der Waals surface area contributed by atoms with Crippen LogP contribution in [-0.2, 0) is 6.54 Å². The van der Waals surface area contributed by atoms with Crippen molar-refractivity contribution in [1.29, 1.82) is 0 Å². The summed E-state index contributed by atoms with van der Waals surface area (Å²) >= 11 is 0. The first-order valence-corrected chi connectivity index (χ1v) is 5.40. The van der Waals surface area contributed by atoms with Crippen LogP contribution in [0.2, 0.25) is 0 Å². The minimum absolute atomic E-state index is 0.557. The van der Waals surface area contributed by atoms with E-state index in [-0.39, 0.29) is 0 Å². The van der Waals surface area contributed by atoms with E-state index in [9.17, 15) is 5.11 Å². The van der Waals surface area contributed by atoms with Crippen LogP contribution in [0.25, 0.3) is 0 Å². The van der Waals surface area contributed by atoms with Crippen molar-refractivity contribution in [2.75, 3.05) is 13.1 Å². The van der Waals surface area contributed by atoms with Gasteiger partial charge in [0.25, 0.3) is 0 Å². The number of rotatable bonds is 2. The maximum atomic E-state index is 10.3. The summed E-state index contributed by atoms with van der Waals surface area (Å²) in [5, 5.41) is 17.8. The minimum atomic E-state index is -0.615. The van der Waals surface area contributed by atoms with Crippen molar-refractivity contribution in [3.63, 3.8) is 0 Å². The Hall–Kier alpha value is -0.940. The van der Waals surface area contributed by atoms with Crippen molar-refractivity contribution in [2.45, 2.75) is 38.8 Å². The van der Waals surface area contributed by atoms with Gasteiger partial charge in [-0.15, -0.1) is 0 Å². The van der Waals surface area contributed by atoms with E-state index in [2.05, 4.69) is 15.4 Å². The number of hydrogen-bond acceptors (Lipinski definition) is 4. The molecule has 0 bridgehead atoms. The molecule has 2 rings (SSSR count). The Balaban J connectivity index is 2.09. The molecule has 0 amide bonds. The molecule has 0 radical (unpaired) electrons. The lowest BCUT2D eigenvalue weighted by molar-refractivity contribution is -0.00887. The van der Waals surface area contributed by atoms with E-state index in [1.54, 1.807) is 4.68 Å². The highest BCUT2D eigenvalue weighted by atomic mass is 16.3. The molecular weight excluding hydrogens is 192 g/mol. The molecule has 1 saturated heterocycles. The van der Waals surface area contributed by atoms with Gasteiger partial charge in [0.05, 0.1) is 12.1 Å². The van der Waals surface area contributed by atoms with Gasteiger partial charge >= 0.3 is 0 Å². The molecule has 0 aliphatic carbocycles. The van der Waals surface area contributed by atoms with Crippen LogP contribution in [0.5, 0.6) is 0 Å². The molecule has 5 nitrogen and oxygen atoms in total. The largest absolute Gasteiger partial charge is 0.388 e. The Morgan fingerprint density at radius 2 is 2.07 bits per heavy atom. The SMILES string of the molecule is Cc1nc(C)n(CC2(O)CCNCC2)n1. The van der Waals surface area contributed by atoms with Gasteiger partial charge in [0, 0.05) is 0 Å². The van der Waals surface area contributed by atoms with E-state index in [1.807, 2.05) is 13.8 Å². The molecule has 5 heteroatoms. The Labute approximate surface area is 89.5 Å². The highest BCUT2D eigenvalue weighted by Crippen LogP contribution is 2.20. The van der Waals surface area contributed by atoms with Gasteiger partial charge in [-0.2, -0.15) is 5.10 Å². The van der Waals surface area contributed by atoms with E-state index in [4.69, 9.17) is 0 Å². The number of hydrogen-bond donors (Lipinski definition) is 2. The fourth-order valence-corrected chi connectivity index (χ4v) is 2.04. The highest BCUT2D eigenvalue weighted by Gasteiger charge is 2.30. The zero-order valence-electron chi connectivity index (χ0n) is 9.32. The van der Waals surface area contributed by atoms with Gasteiger partial charge in [-0.1, -0.05) is 0 Å². The van der Waals surface area contributed by atoms with Gasteiger partial charge < -0.3 is 10.4 Å². The van der Waals surface area contributed by atoms with Crippen LogP contribution in [-0.4, -0.2) is 38.6 Å². The fraction of sp³-hybridized carbons (Fsp3) is 0.800. The Morgan fingerprint density at radius 3 is 2.60 bits per heavy atom. The first-order chi connectivity index (χ1) is 7.09. The topological polar surface area (TPSA) is 63.0 Å². The predicted octanol–water partition coefficient (Wildman–Crippen LogP) is 0.00944. The summed E-state index contributed by atoms with van der Waals surface area (Å²) in [4.78, 5) is 4.23. The molecule has 2 heterocycles. The molecule has 0 aromatic carbocycles. The number of piperidine rings is 1. The van der Waals surface area contributed by atoms with Crippen LogP contribution < -0.4 is 5.32 Å². The third-order valence-electron chi connectivity index (χ3n) is 2.94. The number of aryl methyl sites for hydroxylation is 2. The lowest BCUT2D eigenvalue weighted by Crippen LogP contribution is -2.45. The molecule has 1 aromatic heterocycles. The smallest absolute Gasteiger partial charge is 0.147 e. The molecule has 1 aromatic rings. The Morgan fingerprint density at radius 1 is 1.40 bits per heavy atom. The summed E-state index contributed by atoms with van der Waals surface area (Å²) in [5.74, 6) is 1.64. The molecule has 0 atom stereocenters. The molecular formula is C10H18N4O. The zero-order chi connectivity index (χ0) is 10.9. The molecule has 84 valence electrons. The van der Waals surface area contributed by atoms with Crippen LogP contribution in [0.1, 0.15) is 24.5 Å². The monoisotopic (exact) mass is 210 g/mol. The molecule has 15 heavy (non-hydrogen) atoms. The van der Waals surface area contributed by atoms with E-state index in [0.29, 0.717) is 6.54 Å². The second-order valence-corrected chi connectivity index (χ2v) is 4.34. The third kappa shape index (κ3) is 2.35. The van der Waals surface area contributed by atoms with Crippen molar-refractivity contribution < 1.29 is 5.11 Å². The Kier molecular flexibility index (Phi) is 2.75. The highest BCUT2D eigenvalue weighted by molar-refractivity contribution is 4.92. The normalized spacial score (nSPS) is 20.5. The quantitative estimate of drug-likeness (QED) is 0.722. The second kappa shape index (κ2) is 3.90. The molecule has 2 N–H and O–H groups in total. The predicted molar refractivity (Wildman–Crippen MR) is 56.5 cm³/mol. The summed E-state index contributed by atoms with van der Waals surface area (Å²) in [7, 11) is 0. The van der Waals surface area contributed by atoms with Crippen molar-refractivity contribution in [3.8, 4) is 0 Å². The first kappa shape index (κ1) is 10.6. The summed E-state index contributed by atoms with van der Waals surface area (Å²) in [6.07, 6.45) is 1.57. The van der Waals surface area contributed by atoms with Crippen LogP contribution in [0.3, 0.4) is 0 Å². The van der Waals surface area contributed by atoms with Gasteiger partial charge in [-0.3, -0.25) is 0 Å². The molecule has 1 aliphatic heterocycles. The van der Waals surface area contributed by atoms with Gasteiger partial charge in [0.15, 0.2) is 0 Å². The zero-order valence-corrected chi connectivity index (χ0v) is 9.32. The molecule has 1 fully saturated rings. The van der Waals surface area contributed by atoms with Gasteiger partial charge in [-0.25, -0.2) is 9.67 Å². The lowest BCUT2D eigenvalue weighted by Gasteiger charge is -2.32. The summed E-state index contributed by atoms with van der Waals surface area (Å²) in [6, 6.07) is 0. The number of aliphatic hydroxyl groups is 1. The standard InChI is InChI=1S/C10H18N4O/c1-8-12-9(2)14(13-8)7-10(15)3-5-11-6-4-10/h11,15H,3-7H2,1-2H3. The first-order valence-electron chi connectivity index (χ1n) is 5.40. The van der Waals surface area contributed by atoms with Gasteiger partial charge in [0.2, 0.25) is 0 Å².